The second-order valence-corrected chi connectivity index (χ2v) is 7.79. The van der Waals surface area contributed by atoms with Crippen LogP contribution in [-0.4, -0.2) is 42.7 Å². The number of halogens is 2. The van der Waals surface area contributed by atoms with E-state index in [1.54, 1.807) is 18.0 Å². The van der Waals surface area contributed by atoms with Crippen LogP contribution in [0.15, 0.2) is 41.0 Å². The molecular formula is C18H20Cl2N2O2S. The fourth-order valence-electron chi connectivity index (χ4n) is 2.76. The molecule has 2 aromatic rings. The third kappa shape index (κ3) is 5.09. The van der Waals surface area contributed by atoms with E-state index >= 15 is 0 Å². The molecule has 1 aromatic carbocycles. The Labute approximate surface area is 162 Å². The molecule has 7 heteroatoms. The first kappa shape index (κ1) is 18.5. The van der Waals surface area contributed by atoms with Gasteiger partial charge in [0.15, 0.2) is 5.88 Å². The Morgan fingerprint density at radius 3 is 2.60 bits per heavy atom. The van der Waals surface area contributed by atoms with Gasteiger partial charge >= 0.3 is 0 Å². The normalized spacial score (nSPS) is 14.8. The molecule has 4 nitrogen and oxygen atoms in total. The van der Waals surface area contributed by atoms with E-state index in [0.29, 0.717) is 16.5 Å². The van der Waals surface area contributed by atoms with Crippen molar-refractivity contribution in [2.75, 3.05) is 36.8 Å². The summed E-state index contributed by atoms with van der Waals surface area (Å²) in [5.41, 5.74) is 1.12. The fraction of sp³-hybridized carbons (Fsp3) is 0.389. The molecule has 0 unspecified atom stereocenters. The van der Waals surface area contributed by atoms with Gasteiger partial charge in [-0.2, -0.15) is 11.8 Å². The molecule has 2 heterocycles. The molecule has 0 saturated carbocycles. The van der Waals surface area contributed by atoms with Gasteiger partial charge < -0.3 is 14.2 Å². The van der Waals surface area contributed by atoms with E-state index in [9.17, 15) is 4.79 Å². The van der Waals surface area contributed by atoms with Crippen LogP contribution in [0.2, 0.25) is 10.0 Å². The number of anilines is 1. The van der Waals surface area contributed by atoms with Crippen LogP contribution < -0.4 is 4.90 Å². The Bertz CT molecular complexity index is 701. The highest BCUT2D eigenvalue weighted by atomic mass is 35.5. The molecule has 1 amide bonds. The van der Waals surface area contributed by atoms with Crippen LogP contribution in [0.1, 0.15) is 12.0 Å². The predicted octanol–water partition coefficient (Wildman–Crippen LogP) is 4.56. The summed E-state index contributed by atoms with van der Waals surface area (Å²) in [5.74, 6) is 2.73. The molecule has 1 saturated heterocycles. The third-order valence-electron chi connectivity index (χ3n) is 4.16. The molecule has 3 rings (SSSR count). The summed E-state index contributed by atoms with van der Waals surface area (Å²) < 4.78 is 5.41. The second-order valence-electron chi connectivity index (χ2n) is 5.87. The molecule has 1 aliphatic heterocycles. The maximum atomic E-state index is 12.3. The van der Waals surface area contributed by atoms with Crippen LogP contribution in [-0.2, 0) is 10.5 Å². The highest BCUT2D eigenvalue weighted by Gasteiger charge is 2.21. The van der Waals surface area contributed by atoms with Gasteiger partial charge in [-0.3, -0.25) is 4.79 Å². The Hall–Kier alpha value is -1.30. The summed E-state index contributed by atoms with van der Waals surface area (Å²) in [4.78, 5) is 16.4. The Kier molecular flexibility index (Phi) is 6.57. The molecule has 1 aromatic heterocycles. The number of thioether (sulfide) groups is 1. The van der Waals surface area contributed by atoms with Crippen LogP contribution >= 0.6 is 35.0 Å². The van der Waals surface area contributed by atoms with E-state index in [-0.39, 0.29) is 5.91 Å². The van der Waals surface area contributed by atoms with Gasteiger partial charge in [0.1, 0.15) is 0 Å². The van der Waals surface area contributed by atoms with E-state index in [1.807, 2.05) is 35.2 Å². The first-order chi connectivity index (χ1) is 12.1. The summed E-state index contributed by atoms with van der Waals surface area (Å²) >= 11 is 13.7. The summed E-state index contributed by atoms with van der Waals surface area (Å²) in [7, 11) is 0. The highest BCUT2D eigenvalue weighted by molar-refractivity contribution is 7.98. The number of carbonyl (C=O) groups is 1. The average molecular weight is 399 g/mol. The molecule has 1 fully saturated rings. The highest BCUT2D eigenvalue weighted by Crippen LogP contribution is 2.25. The Morgan fingerprint density at radius 2 is 1.92 bits per heavy atom. The minimum Gasteiger partial charge on any atom is -0.449 e. The molecule has 0 aliphatic carbocycles. The molecule has 0 bridgehead atoms. The van der Waals surface area contributed by atoms with Gasteiger partial charge in [0.25, 0.3) is 0 Å². The van der Waals surface area contributed by atoms with Gasteiger partial charge in [0.2, 0.25) is 5.91 Å². The number of nitrogens with zero attached hydrogens (tertiary/aromatic N) is 2. The largest absolute Gasteiger partial charge is 0.449 e. The molecule has 0 radical (unpaired) electrons. The van der Waals surface area contributed by atoms with E-state index in [2.05, 4.69) is 4.90 Å². The van der Waals surface area contributed by atoms with Gasteiger partial charge in [-0.05, 0) is 23.8 Å². The van der Waals surface area contributed by atoms with Crippen molar-refractivity contribution in [1.82, 2.24) is 4.90 Å². The summed E-state index contributed by atoms with van der Waals surface area (Å²) in [6.07, 6.45) is 2.24. The third-order valence-corrected chi connectivity index (χ3v) is 5.93. The Balaban J connectivity index is 1.36. The quantitative estimate of drug-likeness (QED) is 0.668. The van der Waals surface area contributed by atoms with Gasteiger partial charge in [0, 0.05) is 50.2 Å². The van der Waals surface area contributed by atoms with Crippen LogP contribution in [0.5, 0.6) is 0 Å². The molecule has 0 N–H and O–H groups in total. The number of hydrogen-bond acceptors (Lipinski definition) is 4. The maximum Gasteiger partial charge on any atom is 0.223 e. The molecule has 134 valence electrons. The number of hydrogen-bond donors (Lipinski definition) is 0. The number of benzene rings is 1. The van der Waals surface area contributed by atoms with Gasteiger partial charge in [0.05, 0.1) is 16.3 Å². The molecule has 0 spiro atoms. The second kappa shape index (κ2) is 8.88. The minimum atomic E-state index is 0.223. The van der Waals surface area contributed by atoms with E-state index < -0.39 is 0 Å². The van der Waals surface area contributed by atoms with Crippen molar-refractivity contribution < 1.29 is 9.21 Å². The standard InChI is InChI=1S/C18H20Cl2N2O2S/c19-15-4-3-14(12-16(15)20)13-25-11-5-17(23)21-6-8-22(9-7-21)18-2-1-10-24-18/h1-4,10,12H,5-9,11,13H2. The SMILES string of the molecule is O=C(CCSCc1ccc(Cl)c(Cl)c1)N1CCN(c2ccco2)CC1. The first-order valence-corrected chi connectivity index (χ1v) is 10.1. The van der Waals surface area contributed by atoms with Crippen molar-refractivity contribution in [1.29, 1.82) is 0 Å². The van der Waals surface area contributed by atoms with Crippen molar-refractivity contribution in [2.24, 2.45) is 0 Å². The average Bonchev–Trinajstić information content (AvgIpc) is 3.16. The zero-order chi connectivity index (χ0) is 17.6. The maximum absolute atomic E-state index is 12.3. The minimum absolute atomic E-state index is 0.223. The number of rotatable bonds is 6. The van der Waals surface area contributed by atoms with Gasteiger partial charge in [-0.15, -0.1) is 0 Å². The first-order valence-electron chi connectivity index (χ1n) is 8.21. The van der Waals surface area contributed by atoms with Crippen molar-refractivity contribution in [3.8, 4) is 0 Å². The van der Waals surface area contributed by atoms with Gasteiger partial charge in [-0.1, -0.05) is 29.3 Å². The summed E-state index contributed by atoms with van der Waals surface area (Å²) in [5, 5.41) is 1.14. The lowest BCUT2D eigenvalue weighted by Crippen LogP contribution is -2.48. The van der Waals surface area contributed by atoms with Crippen LogP contribution in [0.3, 0.4) is 0 Å². The summed E-state index contributed by atoms with van der Waals surface area (Å²) in [6.45, 7) is 3.12. The van der Waals surface area contributed by atoms with Crippen molar-refractivity contribution in [3.05, 3.63) is 52.2 Å². The smallest absolute Gasteiger partial charge is 0.223 e. The lowest BCUT2D eigenvalue weighted by molar-refractivity contribution is -0.131. The zero-order valence-electron chi connectivity index (χ0n) is 13.8. The molecule has 25 heavy (non-hydrogen) atoms. The van der Waals surface area contributed by atoms with Crippen LogP contribution in [0.25, 0.3) is 0 Å². The van der Waals surface area contributed by atoms with Crippen LogP contribution in [0.4, 0.5) is 5.88 Å². The lowest BCUT2D eigenvalue weighted by atomic mass is 10.2. The molecule has 0 atom stereocenters. The topological polar surface area (TPSA) is 36.7 Å². The number of furan rings is 1. The monoisotopic (exact) mass is 398 g/mol. The zero-order valence-corrected chi connectivity index (χ0v) is 16.1. The van der Waals surface area contributed by atoms with E-state index in [0.717, 1.165) is 49.1 Å². The predicted molar refractivity (Wildman–Crippen MR) is 105 cm³/mol. The fourth-order valence-corrected chi connectivity index (χ4v) is 3.96. The number of amides is 1. The lowest BCUT2D eigenvalue weighted by Gasteiger charge is -2.34. The van der Waals surface area contributed by atoms with E-state index in [4.69, 9.17) is 27.6 Å². The van der Waals surface area contributed by atoms with Gasteiger partial charge in [-0.25, -0.2) is 0 Å². The summed E-state index contributed by atoms with van der Waals surface area (Å²) in [6, 6.07) is 9.50. The molecule has 1 aliphatic rings. The van der Waals surface area contributed by atoms with Crippen molar-refractivity contribution in [2.45, 2.75) is 12.2 Å². The van der Waals surface area contributed by atoms with E-state index in [1.165, 1.54) is 0 Å². The molecular weight excluding hydrogens is 379 g/mol. The number of carbonyl (C=O) groups excluding carboxylic acids is 1. The van der Waals surface area contributed by atoms with Crippen molar-refractivity contribution in [3.63, 3.8) is 0 Å². The van der Waals surface area contributed by atoms with Crippen LogP contribution in [0, 0.1) is 0 Å². The Morgan fingerprint density at radius 1 is 1.12 bits per heavy atom. The number of piperazine rings is 1. The van der Waals surface area contributed by atoms with Crippen molar-refractivity contribution >= 4 is 46.8 Å².